The van der Waals surface area contributed by atoms with E-state index in [0.717, 1.165) is 22.6 Å². The number of halogens is 1. The number of benzene rings is 2. The van der Waals surface area contributed by atoms with Gasteiger partial charge in [-0.25, -0.2) is 0 Å². The summed E-state index contributed by atoms with van der Waals surface area (Å²) in [5.74, 6) is 0.781. The number of carbonyl (C=O) groups excluding carboxylic acids is 2. The van der Waals surface area contributed by atoms with Gasteiger partial charge in [0.2, 0.25) is 11.8 Å². The lowest BCUT2D eigenvalue weighted by molar-refractivity contribution is -0.131. The SMILES string of the molecule is Cc1ccc(NC(=O)CN(C)C(=O)CSCc2ccc(Cl)cc2)cc1. The highest BCUT2D eigenvalue weighted by molar-refractivity contribution is 7.99. The van der Waals surface area contributed by atoms with Gasteiger partial charge in [0.05, 0.1) is 12.3 Å². The summed E-state index contributed by atoms with van der Waals surface area (Å²) in [5.41, 5.74) is 2.97. The van der Waals surface area contributed by atoms with Crippen molar-refractivity contribution in [2.45, 2.75) is 12.7 Å². The van der Waals surface area contributed by atoms with Gasteiger partial charge >= 0.3 is 0 Å². The van der Waals surface area contributed by atoms with E-state index in [0.29, 0.717) is 10.8 Å². The van der Waals surface area contributed by atoms with Crippen LogP contribution in [0.15, 0.2) is 48.5 Å². The molecule has 0 aromatic heterocycles. The summed E-state index contributed by atoms with van der Waals surface area (Å²) in [5, 5.41) is 3.49. The summed E-state index contributed by atoms with van der Waals surface area (Å²) in [6, 6.07) is 15.1. The van der Waals surface area contributed by atoms with Crippen LogP contribution in [0.3, 0.4) is 0 Å². The topological polar surface area (TPSA) is 49.4 Å². The summed E-state index contributed by atoms with van der Waals surface area (Å²) < 4.78 is 0. The van der Waals surface area contributed by atoms with Crippen molar-refractivity contribution in [2.75, 3.05) is 24.7 Å². The first-order valence-electron chi connectivity index (χ1n) is 7.87. The molecule has 0 saturated heterocycles. The van der Waals surface area contributed by atoms with Gasteiger partial charge in [0, 0.05) is 23.5 Å². The third-order valence-corrected chi connectivity index (χ3v) is 4.79. The standard InChI is InChI=1S/C19H21ClN2O2S/c1-14-3-9-17(10-4-14)21-18(23)11-22(2)19(24)13-25-12-15-5-7-16(20)8-6-15/h3-10H,11-13H2,1-2H3,(H,21,23). The molecule has 0 heterocycles. The second-order valence-corrected chi connectivity index (χ2v) is 7.21. The molecular weight excluding hydrogens is 356 g/mol. The number of hydrogen-bond donors (Lipinski definition) is 1. The number of carbonyl (C=O) groups is 2. The molecular formula is C19H21ClN2O2S. The highest BCUT2D eigenvalue weighted by Gasteiger charge is 2.13. The van der Waals surface area contributed by atoms with Crippen molar-refractivity contribution in [3.8, 4) is 0 Å². The van der Waals surface area contributed by atoms with Gasteiger partial charge in [-0.2, -0.15) is 0 Å². The molecule has 0 atom stereocenters. The quantitative estimate of drug-likeness (QED) is 0.795. The van der Waals surface area contributed by atoms with E-state index in [-0.39, 0.29) is 18.4 Å². The first-order valence-corrected chi connectivity index (χ1v) is 9.40. The molecule has 6 heteroatoms. The van der Waals surface area contributed by atoms with Crippen LogP contribution in [0.2, 0.25) is 5.02 Å². The molecule has 0 aliphatic heterocycles. The fourth-order valence-corrected chi connectivity index (χ4v) is 3.14. The number of amides is 2. The van der Waals surface area contributed by atoms with Crippen LogP contribution < -0.4 is 5.32 Å². The fraction of sp³-hybridized carbons (Fsp3) is 0.263. The van der Waals surface area contributed by atoms with E-state index in [1.54, 1.807) is 7.05 Å². The molecule has 0 saturated carbocycles. The molecule has 132 valence electrons. The molecule has 0 radical (unpaired) electrons. The minimum Gasteiger partial charge on any atom is -0.336 e. The molecule has 2 amide bonds. The molecule has 2 rings (SSSR count). The first kappa shape index (κ1) is 19.3. The molecule has 0 aliphatic rings. The first-order chi connectivity index (χ1) is 11.9. The van der Waals surface area contributed by atoms with Gasteiger partial charge in [0.1, 0.15) is 0 Å². The Morgan fingerprint density at radius 2 is 1.72 bits per heavy atom. The van der Waals surface area contributed by atoms with E-state index in [2.05, 4.69) is 5.32 Å². The van der Waals surface area contributed by atoms with E-state index in [1.165, 1.54) is 16.7 Å². The predicted octanol–water partition coefficient (Wildman–Crippen LogP) is 3.98. The van der Waals surface area contributed by atoms with Crippen molar-refractivity contribution >= 4 is 40.9 Å². The minimum atomic E-state index is -0.206. The Kier molecular flexibility index (Phi) is 7.34. The molecule has 2 aromatic rings. The Morgan fingerprint density at radius 3 is 2.36 bits per heavy atom. The number of aryl methyl sites for hydroxylation is 1. The molecule has 1 N–H and O–H groups in total. The Morgan fingerprint density at radius 1 is 1.08 bits per heavy atom. The van der Waals surface area contributed by atoms with Gasteiger partial charge in [-0.05, 0) is 36.8 Å². The van der Waals surface area contributed by atoms with Gasteiger partial charge in [-0.1, -0.05) is 41.4 Å². The predicted molar refractivity (Wildman–Crippen MR) is 105 cm³/mol. The van der Waals surface area contributed by atoms with Crippen LogP contribution in [0, 0.1) is 6.92 Å². The largest absolute Gasteiger partial charge is 0.336 e. The second-order valence-electron chi connectivity index (χ2n) is 5.78. The second kappa shape index (κ2) is 9.49. The molecule has 0 spiro atoms. The van der Waals surface area contributed by atoms with Gasteiger partial charge in [-0.3, -0.25) is 9.59 Å². The van der Waals surface area contributed by atoms with Crippen molar-refractivity contribution in [1.82, 2.24) is 4.90 Å². The van der Waals surface area contributed by atoms with E-state index in [9.17, 15) is 9.59 Å². The number of thioether (sulfide) groups is 1. The van der Waals surface area contributed by atoms with E-state index < -0.39 is 0 Å². The van der Waals surface area contributed by atoms with Crippen molar-refractivity contribution < 1.29 is 9.59 Å². The highest BCUT2D eigenvalue weighted by atomic mass is 35.5. The summed E-state index contributed by atoms with van der Waals surface area (Å²) >= 11 is 7.36. The van der Waals surface area contributed by atoms with Crippen molar-refractivity contribution in [1.29, 1.82) is 0 Å². The lowest BCUT2D eigenvalue weighted by Crippen LogP contribution is -2.35. The fourth-order valence-electron chi connectivity index (χ4n) is 2.09. The minimum absolute atomic E-state index is 0.0359. The molecule has 0 fully saturated rings. The average Bonchev–Trinajstić information content (AvgIpc) is 2.58. The van der Waals surface area contributed by atoms with Crippen LogP contribution in [-0.2, 0) is 15.3 Å². The number of rotatable bonds is 7. The van der Waals surface area contributed by atoms with Crippen LogP contribution in [0.5, 0.6) is 0 Å². The molecule has 0 unspecified atom stereocenters. The number of nitrogens with zero attached hydrogens (tertiary/aromatic N) is 1. The summed E-state index contributed by atoms with van der Waals surface area (Å²) in [6.07, 6.45) is 0. The summed E-state index contributed by atoms with van der Waals surface area (Å²) in [7, 11) is 1.64. The monoisotopic (exact) mass is 376 g/mol. The molecule has 0 bridgehead atoms. The zero-order valence-electron chi connectivity index (χ0n) is 14.3. The van der Waals surface area contributed by atoms with E-state index in [4.69, 9.17) is 11.6 Å². The maximum absolute atomic E-state index is 12.1. The summed E-state index contributed by atoms with van der Waals surface area (Å²) in [4.78, 5) is 25.6. The van der Waals surface area contributed by atoms with E-state index >= 15 is 0 Å². The lowest BCUT2D eigenvalue weighted by atomic mass is 10.2. The van der Waals surface area contributed by atoms with Gasteiger partial charge in [0.25, 0.3) is 0 Å². The van der Waals surface area contributed by atoms with Gasteiger partial charge in [0.15, 0.2) is 0 Å². The van der Waals surface area contributed by atoms with Crippen molar-refractivity contribution in [3.63, 3.8) is 0 Å². The number of hydrogen-bond acceptors (Lipinski definition) is 3. The lowest BCUT2D eigenvalue weighted by Gasteiger charge is -2.16. The zero-order valence-corrected chi connectivity index (χ0v) is 15.9. The van der Waals surface area contributed by atoms with Gasteiger partial charge < -0.3 is 10.2 Å². The number of nitrogens with one attached hydrogen (secondary N) is 1. The zero-order chi connectivity index (χ0) is 18.2. The Labute approximate surface area is 157 Å². The Bertz CT molecular complexity index is 717. The summed E-state index contributed by atoms with van der Waals surface area (Å²) in [6.45, 7) is 2.02. The number of anilines is 1. The number of likely N-dealkylation sites (N-methyl/N-ethyl adjacent to an activating group) is 1. The van der Waals surface area contributed by atoms with E-state index in [1.807, 2.05) is 55.5 Å². The van der Waals surface area contributed by atoms with Crippen LogP contribution in [0.4, 0.5) is 5.69 Å². The van der Waals surface area contributed by atoms with Crippen LogP contribution >= 0.6 is 23.4 Å². The maximum Gasteiger partial charge on any atom is 0.243 e. The molecule has 0 aliphatic carbocycles. The highest BCUT2D eigenvalue weighted by Crippen LogP contribution is 2.16. The Balaban J connectivity index is 1.72. The molecule has 2 aromatic carbocycles. The third-order valence-electron chi connectivity index (χ3n) is 3.55. The normalized spacial score (nSPS) is 10.4. The smallest absolute Gasteiger partial charge is 0.243 e. The van der Waals surface area contributed by atoms with Crippen LogP contribution in [-0.4, -0.2) is 36.1 Å². The maximum atomic E-state index is 12.1. The average molecular weight is 377 g/mol. The van der Waals surface area contributed by atoms with Crippen molar-refractivity contribution in [2.24, 2.45) is 0 Å². The van der Waals surface area contributed by atoms with Crippen LogP contribution in [0.1, 0.15) is 11.1 Å². The van der Waals surface area contributed by atoms with Crippen LogP contribution in [0.25, 0.3) is 0 Å². The molecule has 25 heavy (non-hydrogen) atoms. The Hall–Kier alpha value is -1.98. The van der Waals surface area contributed by atoms with Gasteiger partial charge in [-0.15, -0.1) is 11.8 Å². The van der Waals surface area contributed by atoms with Crippen molar-refractivity contribution in [3.05, 3.63) is 64.7 Å². The molecule has 4 nitrogen and oxygen atoms in total. The third kappa shape index (κ3) is 6.80.